The van der Waals surface area contributed by atoms with Gasteiger partial charge in [-0.15, -0.1) is 0 Å². The summed E-state index contributed by atoms with van der Waals surface area (Å²) in [6.07, 6.45) is -1.64. The topological polar surface area (TPSA) is 82.9 Å². The molecule has 2 heterocycles. The van der Waals surface area contributed by atoms with Crippen LogP contribution in [0.5, 0.6) is 0 Å². The van der Waals surface area contributed by atoms with Gasteiger partial charge in [-0.3, -0.25) is 18.7 Å². The molecule has 31 heavy (non-hydrogen) atoms. The predicted molar refractivity (Wildman–Crippen MR) is 105 cm³/mol. The van der Waals surface area contributed by atoms with E-state index >= 15 is 0 Å². The number of nitrogens with zero attached hydrogens (tertiary/aromatic N) is 4. The Labute approximate surface area is 173 Å². The lowest BCUT2D eigenvalue weighted by Gasteiger charge is -2.09. The maximum atomic E-state index is 12.9. The Bertz CT molecular complexity index is 1370. The van der Waals surface area contributed by atoms with Gasteiger partial charge < -0.3 is 4.52 Å². The molecule has 7 nitrogen and oxygen atoms in total. The minimum Gasteiger partial charge on any atom is -0.337 e. The number of hydrogen-bond acceptors (Lipinski definition) is 5. The van der Waals surface area contributed by atoms with Crippen LogP contribution in [-0.4, -0.2) is 19.3 Å². The Hall–Kier alpha value is -3.95. The zero-order valence-corrected chi connectivity index (χ0v) is 16.1. The SMILES string of the molecule is Cc1ccccc1-n1ccn(Cc2nc(-c3cccc(C(F)(F)F)c3)no2)c(=O)c1=O. The van der Waals surface area contributed by atoms with Crippen molar-refractivity contribution in [3.63, 3.8) is 0 Å². The second-order valence-corrected chi connectivity index (χ2v) is 6.78. The summed E-state index contributed by atoms with van der Waals surface area (Å²) < 4.78 is 46.1. The van der Waals surface area contributed by atoms with E-state index in [1.807, 2.05) is 19.1 Å². The maximum absolute atomic E-state index is 12.9. The molecule has 4 rings (SSSR count). The summed E-state index contributed by atoms with van der Waals surface area (Å²) in [5.41, 5.74) is -0.871. The van der Waals surface area contributed by atoms with E-state index in [1.165, 1.54) is 29.1 Å². The molecule has 0 radical (unpaired) electrons. The number of hydrogen-bond donors (Lipinski definition) is 0. The summed E-state index contributed by atoms with van der Waals surface area (Å²) in [6.45, 7) is 1.62. The Morgan fingerprint density at radius 1 is 1.00 bits per heavy atom. The third kappa shape index (κ3) is 4.04. The van der Waals surface area contributed by atoms with Gasteiger partial charge in [0.2, 0.25) is 11.7 Å². The molecule has 0 N–H and O–H groups in total. The van der Waals surface area contributed by atoms with E-state index < -0.39 is 22.9 Å². The lowest BCUT2D eigenvalue weighted by molar-refractivity contribution is -0.137. The van der Waals surface area contributed by atoms with Crippen molar-refractivity contribution in [2.75, 3.05) is 0 Å². The molecule has 2 aromatic carbocycles. The van der Waals surface area contributed by atoms with Crippen LogP contribution in [0.4, 0.5) is 13.2 Å². The number of aryl methyl sites for hydroxylation is 1. The van der Waals surface area contributed by atoms with Gasteiger partial charge in [0.1, 0.15) is 6.54 Å². The quantitative estimate of drug-likeness (QED) is 0.465. The van der Waals surface area contributed by atoms with E-state index in [2.05, 4.69) is 10.1 Å². The number of rotatable bonds is 4. The first-order valence-electron chi connectivity index (χ1n) is 9.12. The van der Waals surface area contributed by atoms with Gasteiger partial charge in [0.25, 0.3) is 0 Å². The van der Waals surface area contributed by atoms with Gasteiger partial charge >= 0.3 is 17.3 Å². The van der Waals surface area contributed by atoms with Crippen LogP contribution in [0.25, 0.3) is 17.1 Å². The molecule has 0 atom stereocenters. The van der Waals surface area contributed by atoms with Gasteiger partial charge in [0.05, 0.1) is 11.3 Å². The van der Waals surface area contributed by atoms with E-state index in [9.17, 15) is 22.8 Å². The van der Waals surface area contributed by atoms with Crippen LogP contribution in [0.1, 0.15) is 17.0 Å². The third-order valence-corrected chi connectivity index (χ3v) is 4.66. The van der Waals surface area contributed by atoms with Crippen molar-refractivity contribution in [1.82, 2.24) is 19.3 Å². The average Bonchev–Trinajstić information content (AvgIpc) is 3.21. The zero-order chi connectivity index (χ0) is 22.2. The van der Waals surface area contributed by atoms with Crippen molar-refractivity contribution < 1.29 is 17.7 Å². The minimum atomic E-state index is -4.50. The molecule has 0 saturated carbocycles. The lowest BCUT2D eigenvalue weighted by atomic mass is 10.1. The summed E-state index contributed by atoms with van der Waals surface area (Å²) in [5, 5.41) is 3.68. The molecule has 2 aromatic heterocycles. The van der Waals surface area contributed by atoms with Crippen molar-refractivity contribution in [2.45, 2.75) is 19.6 Å². The van der Waals surface area contributed by atoms with Gasteiger partial charge in [-0.25, -0.2) is 0 Å². The monoisotopic (exact) mass is 428 g/mol. The molecule has 10 heteroatoms. The highest BCUT2D eigenvalue weighted by molar-refractivity contribution is 5.55. The molecule has 0 aliphatic carbocycles. The number of para-hydroxylation sites is 1. The van der Waals surface area contributed by atoms with Gasteiger partial charge in [0.15, 0.2) is 0 Å². The third-order valence-electron chi connectivity index (χ3n) is 4.66. The van der Waals surface area contributed by atoms with Crippen molar-refractivity contribution in [1.29, 1.82) is 0 Å². The van der Waals surface area contributed by atoms with Crippen LogP contribution in [0.2, 0.25) is 0 Å². The van der Waals surface area contributed by atoms with E-state index in [4.69, 9.17) is 4.52 Å². The second-order valence-electron chi connectivity index (χ2n) is 6.78. The van der Waals surface area contributed by atoms with Crippen LogP contribution in [-0.2, 0) is 12.7 Å². The van der Waals surface area contributed by atoms with Gasteiger partial charge in [-0.05, 0) is 30.7 Å². The molecule has 0 unspecified atom stereocenters. The molecule has 158 valence electrons. The van der Waals surface area contributed by atoms with Crippen molar-refractivity contribution >= 4 is 0 Å². The summed E-state index contributed by atoms with van der Waals surface area (Å²) in [5.74, 6) is -0.0787. The normalized spacial score (nSPS) is 11.6. The summed E-state index contributed by atoms with van der Waals surface area (Å²) in [6, 6.07) is 11.6. The fourth-order valence-electron chi connectivity index (χ4n) is 3.07. The van der Waals surface area contributed by atoms with E-state index in [0.717, 1.165) is 22.3 Å². The molecule has 0 amide bonds. The van der Waals surface area contributed by atoms with Gasteiger partial charge in [-0.1, -0.05) is 35.5 Å². The number of alkyl halides is 3. The van der Waals surface area contributed by atoms with Gasteiger partial charge in [0, 0.05) is 18.0 Å². The maximum Gasteiger partial charge on any atom is 0.416 e. The van der Waals surface area contributed by atoms with Gasteiger partial charge in [-0.2, -0.15) is 18.2 Å². The fraction of sp³-hybridized carbons (Fsp3) is 0.143. The first-order chi connectivity index (χ1) is 14.7. The summed E-state index contributed by atoms with van der Waals surface area (Å²) in [4.78, 5) is 29.1. The highest BCUT2D eigenvalue weighted by Gasteiger charge is 2.30. The second kappa shape index (κ2) is 7.71. The van der Waals surface area contributed by atoms with Crippen LogP contribution in [0, 0.1) is 6.92 Å². The highest BCUT2D eigenvalue weighted by atomic mass is 19.4. The van der Waals surface area contributed by atoms with E-state index in [-0.39, 0.29) is 23.8 Å². The Kier molecular flexibility index (Phi) is 5.05. The fourth-order valence-corrected chi connectivity index (χ4v) is 3.07. The zero-order valence-electron chi connectivity index (χ0n) is 16.1. The van der Waals surface area contributed by atoms with Crippen molar-refractivity contribution in [2.24, 2.45) is 0 Å². The van der Waals surface area contributed by atoms with Crippen LogP contribution in [0.3, 0.4) is 0 Å². The molecule has 0 aliphatic heterocycles. The van der Waals surface area contributed by atoms with E-state index in [0.29, 0.717) is 5.69 Å². The number of halogens is 3. The van der Waals surface area contributed by atoms with Crippen LogP contribution in [0.15, 0.2) is 75.0 Å². The predicted octanol–water partition coefficient (Wildman–Crippen LogP) is 3.42. The molecule has 0 saturated heterocycles. The lowest BCUT2D eigenvalue weighted by Crippen LogP contribution is -2.40. The standard InChI is InChI=1S/C21H15F3N4O3/c1-13-5-2-3-8-16(13)28-10-9-27(19(29)20(28)30)12-17-25-18(26-31-17)14-6-4-7-15(11-14)21(22,23)24/h2-11H,12H2,1H3. The number of benzene rings is 2. The molecule has 4 aromatic rings. The molecular formula is C21H15F3N4O3. The molecule has 0 bridgehead atoms. The molecule has 0 aliphatic rings. The highest BCUT2D eigenvalue weighted by Crippen LogP contribution is 2.31. The summed E-state index contributed by atoms with van der Waals surface area (Å²) in [7, 11) is 0. The number of aromatic nitrogens is 4. The molecular weight excluding hydrogens is 413 g/mol. The van der Waals surface area contributed by atoms with Crippen molar-refractivity contribution in [3.8, 4) is 17.1 Å². The molecule has 0 fully saturated rings. The van der Waals surface area contributed by atoms with Crippen molar-refractivity contribution in [3.05, 3.63) is 98.6 Å². The van der Waals surface area contributed by atoms with Crippen LogP contribution < -0.4 is 11.1 Å². The first-order valence-corrected chi connectivity index (χ1v) is 9.12. The largest absolute Gasteiger partial charge is 0.416 e. The Morgan fingerprint density at radius 2 is 1.77 bits per heavy atom. The Morgan fingerprint density at radius 3 is 2.52 bits per heavy atom. The van der Waals surface area contributed by atoms with E-state index in [1.54, 1.807) is 12.1 Å². The smallest absolute Gasteiger partial charge is 0.337 e. The Balaban J connectivity index is 1.63. The van der Waals surface area contributed by atoms with Crippen LogP contribution >= 0.6 is 0 Å². The summed E-state index contributed by atoms with van der Waals surface area (Å²) >= 11 is 0. The average molecular weight is 428 g/mol. The minimum absolute atomic E-state index is 0.0254. The first kappa shape index (κ1) is 20.3. The molecule has 0 spiro atoms.